The van der Waals surface area contributed by atoms with E-state index in [4.69, 9.17) is 0 Å². The summed E-state index contributed by atoms with van der Waals surface area (Å²) in [6.45, 7) is 2.07. The van der Waals surface area contributed by atoms with Gasteiger partial charge >= 0.3 is 0 Å². The molecule has 0 atom stereocenters. The lowest BCUT2D eigenvalue weighted by atomic mass is 10.2. The van der Waals surface area contributed by atoms with Crippen LogP contribution in [0.25, 0.3) is 0 Å². The molecule has 0 saturated heterocycles. The smallest absolute Gasteiger partial charge is 0.233 e. The highest BCUT2D eigenvalue weighted by molar-refractivity contribution is 7.92. The first kappa shape index (κ1) is 12.9. The second-order valence-corrected chi connectivity index (χ2v) is 5.33. The SMILES string of the molecule is CNCCS(=O)(=O)Nc1cc(F)ccc1C. The molecule has 0 unspecified atom stereocenters. The van der Waals surface area contributed by atoms with Gasteiger partial charge in [-0.3, -0.25) is 4.72 Å². The third-order valence-corrected chi connectivity index (χ3v) is 3.36. The number of halogens is 1. The number of nitrogens with one attached hydrogen (secondary N) is 2. The Kier molecular flexibility index (Phi) is 4.26. The zero-order valence-corrected chi connectivity index (χ0v) is 10.1. The summed E-state index contributed by atoms with van der Waals surface area (Å²) in [5.74, 6) is -0.503. The number of aryl methyl sites for hydroxylation is 1. The maximum atomic E-state index is 12.9. The molecule has 1 aromatic carbocycles. The molecule has 0 heterocycles. The Morgan fingerprint density at radius 3 is 2.69 bits per heavy atom. The molecule has 6 heteroatoms. The van der Waals surface area contributed by atoms with Gasteiger partial charge in [-0.05, 0) is 31.7 Å². The van der Waals surface area contributed by atoms with E-state index in [-0.39, 0.29) is 11.4 Å². The van der Waals surface area contributed by atoms with E-state index in [1.807, 2.05) is 0 Å². The number of benzene rings is 1. The lowest BCUT2D eigenvalue weighted by molar-refractivity contribution is 0.598. The minimum absolute atomic E-state index is 0.0422. The average molecular weight is 246 g/mol. The first-order valence-corrected chi connectivity index (χ1v) is 6.51. The van der Waals surface area contributed by atoms with Crippen LogP contribution in [0.1, 0.15) is 5.56 Å². The fourth-order valence-electron chi connectivity index (χ4n) is 1.16. The maximum absolute atomic E-state index is 12.9. The number of rotatable bonds is 5. The molecule has 2 N–H and O–H groups in total. The molecule has 0 fully saturated rings. The molecule has 90 valence electrons. The molecule has 0 aliphatic heterocycles. The summed E-state index contributed by atoms with van der Waals surface area (Å²) in [5, 5.41) is 2.74. The summed E-state index contributed by atoms with van der Waals surface area (Å²) >= 11 is 0. The van der Waals surface area contributed by atoms with Crippen molar-refractivity contribution in [3.05, 3.63) is 29.6 Å². The van der Waals surface area contributed by atoms with Gasteiger partial charge < -0.3 is 5.32 Å². The fraction of sp³-hybridized carbons (Fsp3) is 0.400. The first-order valence-electron chi connectivity index (χ1n) is 4.86. The number of sulfonamides is 1. The van der Waals surface area contributed by atoms with Gasteiger partial charge in [0.15, 0.2) is 0 Å². The van der Waals surface area contributed by atoms with Crippen LogP contribution in [0.4, 0.5) is 10.1 Å². The van der Waals surface area contributed by atoms with Gasteiger partial charge in [-0.15, -0.1) is 0 Å². The highest BCUT2D eigenvalue weighted by atomic mass is 32.2. The standard InChI is InChI=1S/C10H15FN2O2S/c1-8-3-4-9(11)7-10(8)13-16(14,15)6-5-12-2/h3-4,7,12-13H,5-6H2,1-2H3. The van der Waals surface area contributed by atoms with Crippen LogP contribution in [0.3, 0.4) is 0 Å². The van der Waals surface area contributed by atoms with E-state index in [1.54, 1.807) is 14.0 Å². The first-order chi connectivity index (χ1) is 7.44. The van der Waals surface area contributed by atoms with Gasteiger partial charge in [0, 0.05) is 6.54 Å². The predicted octanol–water partition coefficient (Wildman–Crippen LogP) is 1.10. The van der Waals surface area contributed by atoms with Gasteiger partial charge in [0.1, 0.15) is 5.82 Å². The summed E-state index contributed by atoms with van der Waals surface area (Å²) < 4.78 is 38.4. The maximum Gasteiger partial charge on any atom is 0.233 e. The Morgan fingerprint density at radius 2 is 2.06 bits per heavy atom. The van der Waals surface area contributed by atoms with Gasteiger partial charge in [-0.25, -0.2) is 12.8 Å². The lowest BCUT2D eigenvalue weighted by Crippen LogP contribution is -2.24. The molecule has 0 aliphatic rings. The second-order valence-electron chi connectivity index (χ2n) is 3.48. The topological polar surface area (TPSA) is 58.2 Å². The Hall–Kier alpha value is -1.14. The van der Waals surface area contributed by atoms with E-state index < -0.39 is 15.8 Å². The van der Waals surface area contributed by atoms with Crippen molar-refractivity contribution in [2.24, 2.45) is 0 Å². The van der Waals surface area contributed by atoms with Crippen LogP contribution in [-0.2, 0) is 10.0 Å². The summed E-state index contributed by atoms with van der Waals surface area (Å²) in [5.41, 5.74) is 0.977. The van der Waals surface area contributed by atoms with Crippen molar-refractivity contribution >= 4 is 15.7 Å². The molecule has 4 nitrogen and oxygen atoms in total. The Bertz CT molecular complexity index is 460. The molecular weight excluding hydrogens is 231 g/mol. The van der Waals surface area contributed by atoms with Crippen molar-refractivity contribution in [1.29, 1.82) is 0 Å². The summed E-state index contributed by atoms with van der Waals surface area (Å²) in [6.07, 6.45) is 0. The quantitative estimate of drug-likeness (QED) is 0.818. The zero-order valence-electron chi connectivity index (χ0n) is 9.25. The minimum atomic E-state index is -3.42. The molecule has 0 radical (unpaired) electrons. The normalized spacial score (nSPS) is 11.4. The van der Waals surface area contributed by atoms with E-state index in [0.717, 1.165) is 0 Å². The third-order valence-electron chi connectivity index (χ3n) is 2.09. The van der Waals surface area contributed by atoms with Crippen LogP contribution in [0.15, 0.2) is 18.2 Å². The van der Waals surface area contributed by atoms with Crippen molar-refractivity contribution < 1.29 is 12.8 Å². The van der Waals surface area contributed by atoms with Crippen LogP contribution in [0, 0.1) is 12.7 Å². The van der Waals surface area contributed by atoms with E-state index in [9.17, 15) is 12.8 Å². The predicted molar refractivity (Wildman–Crippen MR) is 62.5 cm³/mol. The highest BCUT2D eigenvalue weighted by Gasteiger charge is 2.11. The van der Waals surface area contributed by atoms with E-state index in [0.29, 0.717) is 12.1 Å². The van der Waals surface area contributed by atoms with Crippen molar-refractivity contribution in [2.75, 3.05) is 24.1 Å². The minimum Gasteiger partial charge on any atom is -0.319 e. The van der Waals surface area contributed by atoms with Gasteiger partial charge in [-0.2, -0.15) is 0 Å². The summed E-state index contributed by atoms with van der Waals surface area (Å²) in [7, 11) is -1.75. The van der Waals surface area contributed by atoms with Crippen LogP contribution in [-0.4, -0.2) is 27.8 Å². The highest BCUT2D eigenvalue weighted by Crippen LogP contribution is 2.17. The summed E-state index contributed by atoms with van der Waals surface area (Å²) in [4.78, 5) is 0. The van der Waals surface area contributed by atoms with Gasteiger partial charge in [0.25, 0.3) is 0 Å². The molecule has 1 aromatic rings. The molecule has 0 bridgehead atoms. The van der Waals surface area contributed by atoms with Gasteiger partial charge in [-0.1, -0.05) is 6.07 Å². The molecule has 0 aliphatic carbocycles. The van der Waals surface area contributed by atoms with Crippen molar-refractivity contribution in [2.45, 2.75) is 6.92 Å². The molecule has 0 saturated carbocycles. The second kappa shape index (κ2) is 5.27. The largest absolute Gasteiger partial charge is 0.319 e. The summed E-state index contributed by atoms with van der Waals surface area (Å²) in [6, 6.07) is 4.00. The van der Waals surface area contributed by atoms with E-state index >= 15 is 0 Å². The van der Waals surface area contributed by atoms with Crippen molar-refractivity contribution in [3.63, 3.8) is 0 Å². The monoisotopic (exact) mass is 246 g/mol. The van der Waals surface area contributed by atoms with Crippen LogP contribution >= 0.6 is 0 Å². The number of hydrogen-bond acceptors (Lipinski definition) is 3. The molecule has 16 heavy (non-hydrogen) atoms. The molecule has 0 amide bonds. The molecular formula is C10H15FN2O2S. The fourth-order valence-corrected chi connectivity index (χ4v) is 2.29. The lowest BCUT2D eigenvalue weighted by Gasteiger charge is -2.10. The number of hydrogen-bond donors (Lipinski definition) is 2. The molecule has 0 aromatic heterocycles. The van der Waals surface area contributed by atoms with Crippen molar-refractivity contribution in [3.8, 4) is 0 Å². The number of anilines is 1. The van der Waals surface area contributed by atoms with Crippen LogP contribution in [0.2, 0.25) is 0 Å². The molecule has 0 spiro atoms. The Balaban J connectivity index is 2.83. The van der Waals surface area contributed by atoms with Gasteiger partial charge in [0.05, 0.1) is 11.4 Å². The van der Waals surface area contributed by atoms with E-state index in [1.165, 1.54) is 18.2 Å². The van der Waals surface area contributed by atoms with Crippen LogP contribution in [0.5, 0.6) is 0 Å². The third kappa shape index (κ3) is 3.79. The van der Waals surface area contributed by atoms with E-state index in [2.05, 4.69) is 10.0 Å². The van der Waals surface area contributed by atoms with Crippen molar-refractivity contribution in [1.82, 2.24) is 5.32 Å². The zero-order chi connectivity index (χ0) is 12.2. The van der Waals surface area contributed by atoms with Gasteiger partial charge in [0.2, 0.25) is 10.0 Å². The van der Waals surface area contributed by atoms with Crippen LogP contribution < -0.4 is 10.0 Å². The molecule has 1 rings (SSSR count). The Morgan fingerprint density at radius 1 is 1.38 bits per heavy atom. The average Bonchev–Trinajstić information content (AvgIpc) is 2.20. The Labute approximate surface area is 94.9 Å².